The molecule has 2 N–H and O–H groups in total. The lowest BCUT2D eigenvalue weighted by Crippen LogP contribution is -2.43. The minimum absolute atomic E-state index is 0.0289. The Morgan fingerprint density at radius 1 is 1.35 bits per heavy atom. The Morgan fingerprint density at radius 3 is 2.65 bits per heavy atom. The summed E-state index contributed by atoms with van der Waals surface area (Å²) in [6.07, 6.45) is 1.23. The number of methoxy groups -OCH3 is 2. The third-order valence-corrected chi connectivity index (χ3v) is 4.21. The standard InChI is InChI=1S/C17H26N2O4/c1-12(15-10-14(22-2)4-5-16(15)23-3)18-17(21)11-19-8-6-13(20)7-9-19/h4-5,10,12-13,20H,6-9,11H2,1-3H3,(H,18,21)/t12-/m1/s1. The Bertz CT molecular complexity index is 527. The first-order valence-electron chi connectivity index (χ1n) is 7.95. The first-order chi connectivity index (χ1) is 11.0. The maximum Gasteiger partial charge on any atom is 0.234 e. The van der Waals surface area contributed by atoms with Gasteiger partial charge in [-0.1, -0.05) is 0 Å². The van der Waals surface area contributed by atoms with E-state index < -0.39 is 0 Å². The quantitative estimate of drug-likeness (QED) is 0.827. The van der Waals surface area contributed by atoms with E-state index in [1.54, 1.807) is 14.2 Å². The molecule has 0 bridgehead atoms. The molecule has 0 unspecified atom stereocenters. The van der Waals surface area contributed by atoms with Crippen LogP contribution in [0, 0.1) is 0 Å². The van der Waals surface area contributed by atoms with Crippen molar-refractivity contribution in [1.29, 1.82) is 0 Å². The first kappa shape index (κ1) is 17.6. The summed E-state index contributed by atoms with van der Waals surface area (Å²) in [4.78, 5) is 14.3. The summed E-state index contributed by atoms with van der Waals surface area (Å²) < 4.78 is 10.6. The van der Waals surface area contributed by atoms with Gasteiger partial charge in [-0.3, -0.25) is 9.69 Å². The lowest BCUT2D eigenvalue weighted by Gasteiger charge is -2.29. The highest BCUT2D eigenvalue weighted by molar-refractivity contribution is 5.78. The van der Waals surface area contributed by atoms with Crippen molar-refractivity contribution in [3.63, 3.8) is 0 Å². The minimum atomic E-state index is -0.228. The van der Waals surface area contributed by atoms with E-state index in [0.29, 0.717) is 6.54 Å². The topological polar surface area (TPSA) is 71.0 Å². The molecule has 0 aromatic heterocycles. The van der Waals surface area contributed by atoms with Gasteiger partial charge in [-0.2, -0.15) is 0 Å². The molecule has 128 valence electrons. The first-order valence-corrected chi connectivity index (χ1v) is 7.95. The number of hydrogen-bond acceptors (Lipinski definition) is 5. The van der Waals surface area contributed by atoms with Crippen molar-refractivity contribution in [2.75, 3.05) is 33.9 Å². The molecule has 23 heavy (non-hydrogen) atoms. The van der Waals surface area contributed by atoms with Gasteiger partial charge in [-0.25, -0.2) is 0 Å². The predicted molar refractivity (Wildman–Crippen MR) is 87.8 cm³/mol. The van der Waals surface area contributed by atoms with E-state index >= 15 is 0 Å². The molecule has 1 aliphatic heterocycles. The predicted octanol–water partition coefficient (Wildman–Crippen LogP) is 1.34. The number of aliphatic hydroxyl groups is 1. The maximum atomic E-state index is 12.2. The largest absolute Gasteiger partial charge is 0.497 e. The van der Waals surface area contributed by atoms with Gasteiger partial charge in [-0.05, 0) is 38.0 Å². The van der Waals surface area contributed by atoms with Crippen molar-refractivity contribution >= 4 is 5.91 Å². The SMILES string of the molecule is COc1ccc(OC)c([C@@H](C)NC(=O)CN2CCC(O)CC2)c1. The van der Waals surface area contributed by atoms with E-state index in [2.05, 4.69) is 10.2 Å². The van der Waals surface area contributed by atoms with Crippen LogP contribution in [0.15, 0.2) is 18.2 Å². The van der Waals surface area contributed by atoms with Crippen LogP contribution < -0.4 is 14.8 Å². The molecule has 1 aromatic carbocycles. The average Bonchev–Trinajstić information content (AvgIpc) is 2.56. The number of nitrogens with one attached hydrogen (secondary N) is 1. The Hall–Kier alpha value is -1.79. The molecule has 1 aliphatic rings. The van der Waals surface area contributed by atoms with E-state index in [-0.39, 0.29) is 18.1 Å². The second-order valence-corrected chi connectivity index (χ2v) is 5.90. The van der Waals surface area contributed by atoms with Crippen LogP contribution in [0.4, 0.5) is 0 Å². The summed E-state index contributed by atoms with van der Waals surface area (Å²) in [5.41, 5.74) is 0.884. The van der Waals surface area contributed by atoms with Crippen LogP contribution in [0.3, 0.4) is 0 Å². The monoisotopic (exact) mass is 322 g/mol. The molecular formula is C17H26N2O4. The smallest absolute Gasteiger partial charge is 0.234 e. The molecule has 1 fully saturated rings. The molecule has 1 saturated heterocycles. The van der Waals surface area contributed by atoms with Crippen LogP contribution in [0.25, 0.3) is 0 Å². The molecule has 1 heterocycles. The molecule has 0 saturated carbocycles. The summed E-state index contributed by atoms with van der Waals surface area (Å²) in [5.74, 6) is 1.42. The number of aliphatic hydroxyl groups excluding tert-OH is 1. The summed E-state index contributed by atoms with van der Waals surface area (Å²) in [5, 5.41) is 12.5. The Labute approximate surface area is 137 Å². The number of hydrogen-bond donors (Lipinski definition) is 2. The number of benzene rings is 1. The van der Waals surface area contributed by atoms with Crippen LogP contribution in [0.1, 0.15) is 31.4 Å². The zero-order valence-electron chi connectivity index (χ0n) is 14.0. The number of ether oxygens (including phenoxy) is 2. The highest BCUT2D eigenvalue weighted by Crippen LogP contribution is 2.29. The summed E-state index contributed by atoms with van der Waals surface area (Å²) >= 11 is 0. The molecule has 1 atom stereocenters. The summed E-state index contributed by atoms with van der Waals surface area (Å²) in [6.45, 7) is 3.79. The van der Waals surface area contributed by atoms with Gasteiger partial charge >= 0.3 is 0 Å². The second kappa shape index (κ2) is 8.17. The van der Waals surface area contributed by atoms with Gasteiger partial charge in [0.15, 0.2) is 0 Å². The normalized spacial score (nSPS) is 17.6. The Morgan fingerprint density at radius 2 is 2.04 bits per heavy atom. The Balaban J connectivity index is 1.95. The van der Waals surface area contributed by atoms with Crippen molar-refractivity contribution in [3.8, 4) is 11.5 Å². The maximum absolute atomic E-state index is 12.2. The van der Waals surface area contributed by atoms with Crippen molar-refractivity contribution in [1.82, 2.24) is 10.2 Å². The van der Waals surface area contributed by atoms with Gasteiger partial charge in [-0.15, -0.1) is 0 Å². The fraction of sp³-hybridized carbons (Fsp3) is 0.588. The summed E-state index contributed by atoms with van der Waals surface area (Å²) in [6, 6.07) is 5.36. The molecule has 1 aromatic rings. The molecule has 0 radical (unpaired) electrons. The number of likely N-dealkylation sites (tertiary alicyclic amines) is 1. The number of rotatable bonds is 6. The average molecular weight is 322 g/mol. The third-order valence-electron chi connectivity index (χ3n) is 4.21. The highest BCUT2D eigenvalue weighted by Gasteiger charge is 2.21. The molecule has 6 nitrogen and oxygen atoms in total. The van der Waals surface area contributed by atoms with Crippen LogP contribution >= 0.6 is 0 Å². The minimum Gasteiger partial charge on any atom is -0.497 e. The van der Waals surface area contributed by atoms with Gasteiger partial charge in [0.2, 0.25) is 5.91 Å². The molecule has 0 spiro atoms. The third kappa shape index (κ3) is 4.84. The lowest BCUT2D eigenvalue weighted by molar-refractivity contribution is -0.123. The molecule has 2 rings (SSSR count). The van der Waals surface area contributed by atoms with E-state index in [1.807, 2.05) is 25.1 Å². The summed E-state index contributed by atoms with van der Waals surface area (Å²) in [7, 11) is 3.22. The number of piperidine rings is 1. The van der Waals surface area contributed by atoms with Crippen molar-refractivity contribution in [3.05, 3.63) is 23.8 Å². The van der Waals surface area contributed by atoms with E-state index in [4.69, 9.17) is 9.47 Å². The van der Waals surface area contributed by atoms with Crippen LogP contribution in [-0.4, -0.2) is 55.9 Å². The number of carbonyl (C=O) groups is 1. The van der Waals surface area contributed by atoms with E-state index in [1.165, 1.54) is 0 Å². The van der Waals surface area contributed by atoms with Crippen LogP contribution in [0.5, 0.6) is 11.5 Å². The van der Waals surface area contributed by atoms with Crippen molar-refractivity contribution in [2.24, 2.45) is 0 Å². The van der Waals surface area contributed by atoms with Gasteiger partial charge < -0.3 is 19.9 Å². The molecule has 6 heteroatoms. The van der Waals surface area contributed by atoms with Crippen LogP contribution in [-0.2, 0) is 4.79 Å². The zero-order chi connectivity index (χ0) is 16.8. The second-order valence-electron chi connectivity index (χ2n) is 5.90. The van der Waals surface area contributed by atoms with Crippen LogP contribution in [0.2, 0.25) is 0 Å². The lowest BCUT2D eigenvalue weighted by atomic mass is 10.1. The molecule has 0 aliphatic carbocycles. The van der Waals surface area contributed by atoms with E-state index in [0.717, 1.165) is 43.0 Å². The fourth-order valence-electron chi connectivity index (χ4n) is 2.82. The van der Waals surface area contributed by atoms with Gasteiger partial charge in [0.05, 0.1) is 32.9 Å². The highest BCUT2D eigenvalue weighted by atomic mass is 16.5. The van der Waals surface area contributed by atoms with Gasteiger partial charge in [0.1, 0.15) is 11.5 Å². The molecular weight excluding hydrogens is 296 g/mol. The number of amides is 1. The number of nitrogens with zero attached hydrogens (tertiary/aromatic N) is 1. The van der Waals surface area contributed by atoms with Crippen molar-refractivity contribution < 1.29 is 19.4 Å². The van der Waals surface area contributed by atoms with E-state index in [9.17, 15) is 9.90 Å². The fourth-order valence-corrected chi connectivity index (χ4v) is 2.82. The van der Waals surface area contributed by atoms with Crippen molar-refractivity contribution in [2.45, 2.75) is 31.9 Å². The van der Waals surface area contributed by atoms with Gasteiger partial charge in [0, 0.05) is 18.7 Å². The number of carbonyl (C=O) groups excluding carboxylic acids is 1. The van der Waals surface area contributed by atoms with Gasteiger partial charge in [0.25, 0.3) is 0 Å². The molecule has 1 amide bonds. The zero-order valence-corrected chi connectivity index (χ0v) is 14.0. The Kier molecular flexibility index (Phi) is 6.24.